The number of aromatic nitrogens is 1. The second-order valence-electron chi connectivity index (χ2n) is 6.78. The number of benzene rings is 2. The van der Waals surface area contributed by atoms with Crippen LogP contribution >= 0.6 is 11.6 Å². The van der Waals surface area contributed by atoms with Crippen LogP contribution in [0.2, 0.25) is 5.02 Å². The van der Waals surface area contributed by atoms with Gasteiger partial charge in [0, 0.05) is 35.4 Å². The van der Waals surface area contributed by atoms with Gasteiger partial charge in [-0.25, -0.2) is 8.42 Å². The molecule has 7 heteroatoms. The molecule has 0 spiro atoms. The van der Waals surface area contributed by atoms with Crippen LogP contribution in [0.5, 0.6) is 0 Å². The molecule has 0 aliphatic heterocycles. The highest BCUT2D eigenvalue weighted by Gasteiger charge is 2.19. The molecule has 0 saturated heterocycles. The van der Waals surface area contributed by atoms with Crippen LogP contribution in [0.1, 0.15) is 32.9 Å². The number of hydrogen-bond acceptors (Lipinski definition) is 3. The standard InChI is InChI=1S/C21H21ClN2O3S/c1-14-11-18(24(2)20(14)21(25)15-7-5-4-6-8-15)12-16-9-10-17(13-19(16)22)23-28(3,26)27/h4-11,13,23H,12H2,1-3H3. The van der Waals surface area contributed by atoms with Crippen molar-refractivity contribution in [3.63, 3.8) is 0 Å². The van der Waals surface area contributed by atoms with Crippen molar-refractivity contribution in [2.75, 3.05) is 11.0 Å². The predicted molar refractivity (Wildman–Crippen MR) is 113 cm³/mol. The minimum absolute atomic E-state index is 0.0225. The summed E-state index contributed by atoms with van der Waals surface area (Å²) in [6.45, 7) is 1.92. The van der Waals surface area contributed by atoms with E-state index in [1.807, 2.05) is 42.8 Å². The van der Waals surface area contributed by atoms with Gasteiger partial charge < -0.3 is 4.57 Å². The number of rotatable bonds is 6. The van der Waals surface area contributed by atoms with Crippen LogP contribution in [0.3, 0.4) is 0 Å². The van der Waals surface area contributed by atoms with Crippen LogP contribution < -0.4 is 4.72 Å². The van der Waals surface area contributed by atoms with E-state index in [0.29, 0.717) is 28.4 Å². The van der Waals surface area contributed by atoms with Crippen LogP contribution in [-0.2, 0) is 23.5 Å². The molecule has 3 rings (SSSR count). The fraction of sp³-hybridized carbons (Fsp3) is 0.190. The maximum absolute atomic E-state index is 12.9. The summed E-state index contributed by atoms with van der Waals surface area (Å²) in [4.78, 5) is 12.9. The average Bonchev–Trinajstić information content (AvgIpc) is 2.89. The molecule has 28 heavy (non-hydrogen) atoms. The van der Waals surface area contributed by atoms with Gasteiger partial charge in [-0.3, -0.25) is 9.52 Å². The van der Waals surface area contributed by atoms with E-state index >= 15 is 0 Å². The van der Waals surface area contributed by atoms with Gasteiger partial charge in [0.15, 0.2) is 0 Å². The lowest BCUT2D eigenvalue weighted by Gasteiger charge is -2.11. The highest BCUT2D eigenvalue weighted by atomic mass is 35.5. The Balaban J connectivity index is 1.89. The zero-order valence-corrected chi connectivity index (χ0v) is 17.4. The van der Waals surface area contributed by atoms with Gasteiger partial charge in [0.05, 0.1) is 11.9 Å². The molecule has 5 nitrogen and oxygen atoms in total. The second kappa shape index (κ2) is 7.81. The van der Waals surface area contributed by atoms with E-state index in [1.165, 1.54) is 0 Å². The summed E-state index contributed by atoms with van der Waals surface area (Å²) in [6.07, 6.45) is 1.62. The molecule has 0 fully saturated rings. The van der Waals surface area contributed by atoms with Gasteiger partial charge in [-0.05, 0) is 36.2 Å². The quantitative estimate of drug-likeness (QED) is 0.613. The van der Waals surface area contributed by atoms with Crippen LogP contribution in [-0.4, -0.2) is 25.0 Å². The number of nitrogens with one attached hydrogen (secondary N) is 1. The number of carbonyl (C=O) groups is 1. The Kier molecular flexibility index (Phi) is 5.63. The van der Waals surface area contributed by atoms with Crippen LogP contribution in [0.4, 0.5) is 5.69 Å². The number of sulfonamides is 1. The highest BCUT2D eigenvalue weighted by molar-refractivity contribution is 7.92. The summed E-state index contributed by atoms with van der Waals surface area (Å²) in [6, 6.07) is 16.2. The van der Waals surface area contributed by atoms with Crippen molar-refractivity contribution in [2.45, 2.75) is 13.3 Å². The number of halogens is 1. The first-order valence-electron chi connectivity index (χ1n) is 8.67. The van der Waals surface area contributed by atoms with Crippen molar-refractivity contribution in [1.82, 2.24) is 4.57 Å². The fourth-order valence-electron chi connectivity index (χ4n) is 3.21. The molecule has 0 aliphatic carbocycles. The van der Waals surface area contributed by atoms with E-state index in [1.54, 1.807) is 30.3 Å². The molecule has 0 aliphatic rings. The van der Waals surface area contributed by atoms with E-state index in [9.17, 15) is 13.2 Å². The van der Waals surface area contributed by atoms with Crippen molar-refractivity contribution >= 4 is 33.1 Å². The van der Waals surface area contributed by atoms with E-state index in [0.717, 1.165) is 23.1 Å². The third kappa shape index (κ3) is 4.46. The minimum Gasteiger partial charge on any atom is -0.344 e. The van der Waals surface area contributed by atoms with E-state index < -0.39 is 10.0 Å². The lowest BCUT2D eigenvalue weighted by Crippen LogP contribution is -2.11. The molecule has 1 aromatic heterocycles. The van der Waals surface area contributed by atoms with Crippen molar-refractivity contribution in [1.29, 1.82) is 0 Å². The van der Waals surface area contributed by atoms with Crippen molar-refractivity contribution in [2.24, 2.45) is 7.05 Å². The fourth-order valence-corrected chi connectivity index (χ4v) is 4.02. The van der Waals surface area contributed by atoms with Crippen molar-refractivity contribution in [3.05, 3.63) is 87.7 Å². The van der Waals surface area contributed by atoms with Crippen LogP contribution in [0.15, 0.2) is 54.6 Å². The molecule has 1 heterocycles. The van der Waals surface area contributed by atoms with Gasteiger partial charge in [-0.1, -0.05) is 48.0 Å². The summed E-state index contributed by atoms with van der Waals surface area (Å²) in [5.41, 5.74) is 4.40. The Labute approximate surface area is 170 Å². The van der Waals surface area contributed by atoms with Gasteiger partial charge in [0.2, 0.25) is 15.8 Å². The Morgan fingerprint density at radius 2 is 1.79 bits per heavy atom. The van der Waals surface area contributed by atoms with Gasteiger partial charge in [0.25, 0.3) is 0 Å². The number of hydrogen-bond donors (Lipinski definition) is 1. The highest BCUT2D eigenvalue weighted by Crippen LogP contribution is 2.26. The Bertz CT molecular complexity index is 1140. The maximum atomic E-state index is 12.9. The van der Waals surface area contributed by atoms with Crippen molar-refractivity contribution < 1.29 is 13.2 Å². The number of nitrogens with zero attached hydrogens (tertiary/aromatic N) is 1. The molecular weight excluding hydrogens is 396 g/mol. The molecule has 1 N–H and O–H groups in total. The summed E-state index contributed by atoms with van der Waals surface area (Å²) < 4.78 is 27.0. The number of ketones is 1. The molecule has 146 valence electrons. The third-order valence-corrected chi connectivity index (χ3v) is 5.46. The Morgan fingerprint density at radius 1 is 1.11 bits per heavy atom. The zero-order valence-electron chi connectivity index (χ0n) is 15.9. The van der Waals surface area contributed by atoms with Gasteiger partial charge >= 0.3 is 0 Å². The molecule has 2 aromatic carbocycles. The monoisotopic (exact) mass is 416 g/mol. The molecule has 0 saturated carbocycles. The lowest BCUT2D eigenvalue weighted by molar-refractivity contribution is 0.103. The topological polar surface area (TPSA) is 68.2 Å². The second-order valence-corrected chi connectivity index (χ2v) is 8.93. The summed E-state index contributed by atoms with van der Waals surface area (Å²) >= 11 is 6.35. The molecule has 0 radical (unpaired) electrons. The molecule has 0 amide bonds. The molecule has 0 unspecified atom stereocenters. The summed E-state index contributed by atoms with van der Waals surface area (Å²) in [5.74, 6) is -0.0225. The average molecular weight is 417 g/mol. The van der Waals surface area contributed by atoms with Crippen LogP contribution in [0.25, 0.3) is 0 Å². The van der Waals surface area contributed by atoms with Gasteiger partial charge in [-0.2, -0.15) is 0 Å². The van der Waals surface area contributed by atoms with Gasteiger partial charge in [0.1, 0.15) is 0 Å². The summed E-state index contributed by atoms with van der Waals surface area (Å²) in [5, 5.41) is 0.462. The normalized spacial score (nSPS) is 11.4. The van der Waals surface area contributed by atoms with Gasteiger partial charge in [-0.15, -0.1) is 0 Å². The first-order valence-corrected chi connectivity index (χ1v) is 10.9. The predicted octanol–water partition coefficient (Wildman–Crippen LogP) is 4.18. The third-order valence-electron chi connectivity index (χ3n) is 4.50. The molecule has 0 atom stereocenters. The summed E-state index contributed by atoms with van der Waals surface area (Å²) in [7, 11) is -1.49. The smallest absolute Gasteiger partial charge is 0.229 e. The van der Waals surface area contributed by atoms with Crippen molar-refractivity contribution in [3.8, 4) is 0 Å². The maximum Gasteiger partial charge on any atom is 0.229 e. The first kappa shape index (κ1) is 20.2. The number of aryl methyl sites for hydroxylation is 1. The minimum atomic E-state index is -3.36. The molecular formula is C21H21ClN2O3S. The van der Waals surface area contributed by atoms with E-state index in [2.05, 4.69) is 4.72 Å². The molecule has 3 aromatic rings. The van der Waals surface area contributed by atoms with E-state index in [-0.39, 0.29) is 5.78 Å². The lowest BCUT2D eigenvalue weighted by atomic mass is 10.1. The number of anilines is 1. The largest absolute Gasteiger partial charge is 0.344 e. The Morgan fingerprint density at radius 3 is 2.39 bits per heavy atom. The first-order chi connectivity index (χ1) is 13.2. The zero-order chi connectivity index (χ0) is 20.5. The van der Waals surface area contributed by atoms with Crippen LogP contribution in [0, 0.1) is 6.92 Å². The van der Waals surface area contributed by atoms with E-state index in [4.69, 9.17) is 11.6 Å². The molecule has 0 bridgehead atoms. The Hall–Kier alpha value is -2.57. The number of carbonyl (C=O) groups excluding carboxylic acids is 1. The SMILES string of the molecule is Cc1cc(Cc2ccc(NS(C)(=O)=O)cc2Cl)n(C)c1C(=O)c1ccccc1.